The van der Waals surface area contributed by atoms with Gasteiger partial charge in [0, 0.05) is 11.7 Å². The summed E-state index contributed by atoms with van der Waals surface area (Å²) < 4.78 is 0. The van der Waals surface area contributed by atoms with Gasteiger partial charge in [0.25, 0.3) is 0 Å². The second-order valence-corrected chi connectivity index (χ2v) is 7.59. The van der Waals surface area contributed by atoms with Gasteiger partial charge in [0.2, 0.25) is 0 Å². The molecule has 0 radical (unpaired) electrons. The molecule has 6 heteroatoms. The summed E-state index contributed by atoms with van der Waals surface area (Å²) in [6.07, 6.45) is 5.34. The van der Waals surface area contributed by atoms with Gasteiger partial charge in [-0.2, -0.15) is 0 Å². The van der Waals surface area contributed by atoms with Gasteiger partial charge >= 0.3 is 0 Å². The number of rotatable bonds is 2. The SMILES string of the molecule is Cc1ccc(NC(=S)NNC(=S)N[C@H]2C[C@@H]3CC[C@@H]2C3)c(C)c1. The Morgan fingerprint density at radius 1 is 1.04 bits per heavy atom. The molecule has 2 fully saturated rings. The van der Waals surface area contributed by atoms with E-state index in [1.807, 2.05) is 6.07 Å². The molecular weight excluding hydrogens is 324 g/mol. The molecule has 2 saturated carbocycles. The van der Waals surface area contributed by atoms with E-state index < -0.39 is 0 Å². The van der Waals surface area contributed by atoms with Gasteiger partial charge in [-0.3, -0.25) is 10.9 Å². The topological polar surface area (TPSA) is 48.1 Å². The van der Waals surface area contributed by atoms with E-state index in [4.69, 9.17) is 24.4 Å². The largest absolute Gasteiger partial charge is 0.358 e. The van der Waals surface area contributed by atoms with Gasteiger partial charge in [-0.1, -0.05) is 24.1 Å². The Labute approximate surface area is 148 Å². The van der Waals surface area contributed by atoms with Crippen LogP contribution >= 0.6 is 24.4 Å². The standard InChI is InChI=1S/C17H24N4S2/c1-10-3-6-14(11(2)7-10)18-16(22)20-21-17(23)19-15-9-12-4-5-13(15)8-12/h3,6-7,12-13,15H,4-5,8-9H2,1-2H3,(H2,18,20,22)(H2,19,21,23)/t12-,13-,15+/m1/s1. The lowest BCUT2D eigenvalue weighted by Crippen LogP contribution is -2.51. The van der Waals surface area contributed by atoms with Crippen LogP contribution in [0, 0.1) is 25.7 Å². The van der Waals surface area contributed by atoms with E-state index in [2.05, 4.69) is 47.5 Å². The number of hydrogen-bond donors (Lipinski definition) is 4. The molecule has 1 aromatic carbocycles. The molecule has 23 heavy (non-hydrogen) atoms. The third-order valence-corrected chi connectivity index (χ3v) is 5.40. The molecule has 2 bridgehead atoms. The molecule has 2 aliphatic carbocycles. The number of aryl methyl sites for hydroxylation is 2. The Balaban J connectivity index is 1.42. The van der Waals surface area contributed by atoms with Crippen LogP contribution in [-0.2, 0) is 0 Å². The second-order valence-electron chi connectivity index (χ2n) is 6.78. The van der Waals surface area contributed by atoms with Gasteiger partial charge in [-0.05, 0) is 81.0 Å². The molecule has 3 atom stereocenters. The third-order valence-electron chi connectivity index (χ3n) is 4.97. The molecule has 0 aromatic heterocycles. The molecule has 0 aliphatic heterocycles. The highest BCUT2D eigenvalue weighted by Gasteiger charge is 2.39. The number of nitrogens with one attached hydrogen (secondary N) is 4. The number of hydrazine groups is 1. The predicted octanol–water partition coefficient (Wildman–Crippen LogP) is 3.16. The van der Waals surface area contributed by atoms with Crippen LogP contribution < -0.4 is 21.5 Å². The van der Waals surface area contributed by atoms with E-state index in [1.54, 1.807) is 0 Å². The summed E-state index contributed by atoms with van der Waals surface area (Å²) in [4.78, 5) is 0. The van der Waals surface area contributed by atoms with E-state index in [-0.39, 0.29) is 0 Å². The van der Waals surface area contributed by atoms with Crippen molar-refractivity contribution in [1.29, 1.82) is 0 Å². The first-order valence-electron chi connectivity index (χ1n) is 8.22. The van der Waals surface area contributed by atoms with Crippen molar-refractivity contribution < 1.29 is 0 Å². The summed E-state index contributed by atoms with van der Waals surface area (Å²) in [5.74, 6) is 1.69. The Kier molecular flexibility index (Phi) is 5.02. The van der Waals surface area contributed by atoms with Gasteiger partial charge in [-0.25, -0.2) is 0 Å². The maximum absolute atomic E-state index is 5.36. The average molecular weight is 349 g/mol. The molecule has 124 valence electrons. The Morgan fingerprint density at radius 2 is 1.83 bits per heavy atom. The summed E-state index contributed by atoms with van der Waals surface area (Å²) in [7, 11) is 0. The van der Waals surface area contributed by atoms with Crippen LogP contribution in [0.2, 0.25) is 0 Å². The van der Waals surface area contributed by atoms with E-state index in [0.29, 0.717) is 16.3 Å². The summed E-state index contributed by atoms with van der Waals surface area (Å²) >= 11 is 10.7. The highest BCUT2D eigenvalue weighted by Crippen LogP contribution is 2.44. The monoisotopic (exact) mass is 348 g/mol. The minimum absolute atomic E-state index is 0.508. The number of benzene rings is 1. The van der Waals surface area contributed by atoms with E-state index >= 15 is 0 Å². The van der Waals surface area contributed by atoms with E-state index in [0.717, 1.165) is 23.1 Å². The van der Waals surface area contributed by atoms with Crippen LogP contribution in [0.25, 0.3) is 0 Å². The normalized spacial score (nSPS) is 25.0. The Morgan fingerprint density at radius 3 is 2.48 bits per heavy atom. The zero-order valence-electron chi connectivity index (χ0n) is 13.6. The molecule has 4 nitrogen and oxygen atoms in total. The van der Waals surface area contributed by atoms with Crippen molar-refractivity contribution in [3.05, 3.63) is 29.3 Å². The summed E-state index contributed by atoms with van der Waals surface area (Å²) in [6.45, 7) is 4.14. The number of thiocarbonyl (C=S) groups is 2. The first-order valence-corrected chi connectivity index (χ1v) is 9.03. The smallest absolute Gasteiger partial charge is 0.189 e. The van der Waals surface area contributed by atoms with E-state index in [1.165, 1.54) is 31.2 Å². The van der Waals surface area contributed by atoms with Crippen LogP contribution in [0.5, 0.6) is 0 Å². The van der Waals surface area contributed by atoms with Crippen molar-refractivity contribution in [1.82, 2.24) is 16.2 Å². The fraction of sp³-hybridized carbons (Fsp3) is 0.529. The molecule has 4 N–H and O–H groups in total. The van der Waals surface area contributed by atoms with Gasteiger partial charge in [-0.15, -0.1) is 0 Å². The predicted molar refractivity (Wildman–Crippen MR) is 103 cm³/mol. The lowest BCUT2D eigenvalue weighted by atomic mass is 9.96. The Hall–Kier alpha value is -1.40. The quantitative estimate of drug-likeness (QED) is 0.487. The second kappa shape index (κ2) is 7.01. The molecule has 0 amide bonds. The summed E-state index contributed by atoms with van der Waals surface area (Å²) in [5, 5.41) is 7.73. The van der Waals surface area contributed by atoms with Crippen molar-refractivity contribution in [3.8, 4) is 0 Å². The lowest BCUT2D eigenvalue weighted by Gasteiger charge is -2.25. The maximum Gasteiger partial charge on any atom is 0.189 e. The van der Waals surface area contributed by atoms with Crippen molar-refractivity contribution >= 4 is 40.3 Å². The first-order chi connectivity index (χ1) is 11.0. The zero-order chi connectivity index (χ0) is 16.4. The molecule has 3 rings (SSSR count). The third kappa shape index (κ3) is 4.12. The highest BCUT2D eigenvalue weighted by molar-refractivity contribution is 7.80. The van der Waals surface area contributed by atoms with Crippen LogP contribution in [0.1, 0.15) is 36.8 Å². The number of fused-ring (bicyclic) bond motifs is 2. The fourth-order valence-corrected chi connectivity index (χ4v) is 4.21. The number of anilines is 1. The van der Waals surface area contributed by atoms with Crippen LogP contribution in [0.15, 0.2) is 18.2 Å². The van der Waals surface area contributed by atoms with Gasteiger partial charge in [0.1, 0.15) is 0 Å². The molecule has 0 heterocycles. The van der Waals surface area contributed by atoms with Gasteiger partial charge < -0.3 is 10.6 Å². The summed E-state index contributed by atoms with van der Waals surface area (Å²) in [5.41, 5.74) is 9.35. The van der Waals surface area contributed by atoms with Crippen molar-refractivity contribution in [3.63, 3.8) is 0 Å². The summed E-state index contributed by atoms with van der Waals surface area (Å²) in [6, 6.07) is 6.74. The van der Waals surface area contributed by atoms with Crippen molar-refractivity contribution in [2.24, 2.45) is 11.8 Å². The molecule has 1 aromatic rings. The molecular formula is C17H24N4S2. The molecule has 0 saturated heterocycles. The van der Waals surface area contributed by atoms with Gasteiger partial charge in [0.15, 0.2) is 10.2 Å². The minimum Gasteiger partial charge on any atom is -0.358 e. The lowest BCUT2D eigenvalue weighted by molar-refractivity contribution is 0.389. The van der Waals surface area contributed by atoms with Crippen molar-refractivity contribution in [2.75, 3.05) is 5.32 Å². The van der Waals surface area contributed by atoms with Crippen LogP contribution in [0.3, 0.4) is 0 Å². The molecule has 0 unspecified atom stereocenters. The molecule has 0 spiro atoms. The number of hydrogen-bond acceptors (Lipinski definition) is 2. The first kappa shape index (κ1) is 16.5. The minimum atomic E-state index is 0.508. The fourth-order valence-electron chi connectivity index (χ4n) is 3.85. The molecule has 2 aliphatic rings. The Bertz CT molecular complexity index is 617. The van der Waals surface area contributed by atoms with E-state index in [9.17, 15) is 0 Å². The average Bonchev–Trinajstić information content (AvgIpc) is 3.11. The van der Waals surface area contributed by atoms with Gasteiger partial charge in [0.05, 0.1) is 0 Å². The van der Waals surface area contributed by atoms with Crippen molar-refractivity contribution in [2.45, 2.75) is 45.6 Å². The maximum atomic E-state index is 5.36. The van der Waals surface area contributed by atoms with Crippen LogP contribution in [-0.4, -0.2) is 16.3 Å². The zero-order valence-corrected chi connectivity index (χ0v) is 15.2. The highest BCUT2D eigenvalue weighted by atomic mass is 32.1. The van der Waals surface area contributed by atoms with Crippen LogP contribution in [0.4, 0.5) is 5.69 Å².